The van der Waals surface area contributed by atoms with E-state index in [0.717, 1.165) is 47.1 Å². The highest BCUT2D eigenvalue weighted by Crippen LogP contribution is 2.33. The van der Waals surface area contributed by atoms with Crippen molar-refractivity contribution in [1.29, 1.82) is 0 Å². The molecule has 6 rings (SSSR count). The van der Waals surface area contributed by atoms with Crippen LogP contribution in [-0.2, 0) is 71.0 Å². The number of rotatable bonds is 25. The van der Waals surface area contributed by atoms with Gasteiger partial charge in [-0.15, -0.1) is 0 Å². The van der Waals surface area contributed by atoms with E-state index in [2.05, 4.69) is 6.92 Å². The molecule has 0 N–H and O–H groups in total. The Bertz CT molecular complexity index is 1850. The first kappa shape index (κ1) is 43.8. The number of unbranched alkanes of at least 4 members (excludes halogenated alkanes) is 2. The molecule has 0 saturated carbocycles. The van der Waals surface area contributed by atoms with Crippen molar-refractivity contribution in [2.45, 2.75) is 102 Å². The Labute approximate surface area is 350 Å². The molecule has 59 heavy (non-hydrogen) atoms. The van der Waals surface area contributed by atoms with E-state index in [4.69, 9.17) is 33.2 Å². The molecule has 1 fully saturated rings. The van der Waals surface area contributed by atoms with E-state index in [1.54, 1.807) is 12.2 Å². The van der Waals surface area contributed by atoms with Gasteiger partial charge in [-0.3, -0.25) is 4.79 Å². The third kappa shape index (κ3) is 15.1. The summed E-state index contributed by atoms with van der Waals surface area (Å²) >= 11 is 0. The van der Waals surface area contributed by atoms with Gasteiger partial charge in [0.15, 0.2) is 12.1 Å². The molecule has 0 radical (unpaired) electrons. The summed E-state index contributed by atoms with van der Waals surface area (Å²) in [5.74, 6) is 0.0343. The van der Waals surface area contributed by atoms with Crippen molar-refractivity contribution in [3.63, 3.8) is 0 Å². The molecule has 5 aromatic carbocycles. The minimum Gasteiger partial charge on any atom is -0.374 e. The first-order valence-corrected chi connectivity index (χ1v) is 20.9. The molecule has 1 heterocycles. The van der Waals surface area contributed by atoms with Crippen LogP contribution in [-0.4, -0.2) is 55.8 Å². The maximum atomic E-state index is 13.2. The second kappa shape index (κ2) is 25.0. The van der Waals surface area contributed by atoms with Crippen molar-refractivity contribution in [2.24, 2.45) is 0 Å². The number of ketones is 1. The fourth-order valence-corrected chi connectivity index (χ4v) is 6.87. The number of allylic oxidation sites excluding steroid dienone is 1. The fraction of sp³-hybridized carbons (Fsp3) is 0.353. The van der Waals surface area contributed by atoms with Crippen molar-refractivity contribution in [1.82, 2.24) is 0 Å². The highest BCUT2D eigenvalue weighted by atomic mass is 16.7. The molecule has 1 aliphatic heterocycles. The summed E-state index contributed by atoms with van der Waals surface area (Å²) < 4.78 is 46.9. The van der Waals surface area contributed by atoms with Gasteiger partial charge >= 0.3 is 0 Å². The quantitative estimate of drug-likeness (QED) is 0.0427. The van der Waals surface area contributed by atoms with Crippen LogP contribution < -0.4 is 0 Å². The van der Waals surface area contributed by atoms with Gasteiger partial charge in [0.1, 0.15) is 30.5 Å². The van der Waals surface area contributed by atoms with E-state index in [1.165, 1.54) is 0 Å². The maximum absolute atomic E-state index is 13.2. The predicted molar refractivity (Wildman–Crippen MR) is 229 cm³/mol. The van der Waals surface area contributed by atoms with E-state index in [0.29, 0.717) is 32.8 Å². The molecule has 8 nitrogen and oxygen atoms in total. The Morgan fingerprint density at radius 2 is 0.949 bits per heavy atom. The van der Waals surface area contributed by atoms with Crippen LogP contribution in [0.1, 0.15) is 60.4 Å². The zero-order chi connectivity index (χ0) is 40.7. The molecule has 5 atom stereocenters. The molecule has 1 saturated heterocycles. The first-order chi connectivity index (χ1) is 29.1. The van der Waals surface area contributed by atoms with E-state index in [9.17, 15) is 4.79 Å². The molecular weight excluding hydrogens is 741 g/mol. The van der Waals surface area contributed by atoms with Crippen LogP contribution in [0.3, 0.4) is 0 Å². The van der Waals surface area contributed by atoms with Crippen molar-refractivity contribution < 1.29 is 38.0 Å². The second-order valence-corrected chi connectivity index (χ2v) is 14.8. The molecular formula is C51H58O8. The summed E-state index contributed by atoms with van der Waals surface area (Å²) in [6.07, 6.45) is 2.43. The second-order valence-electron chi connectivity index (χ2n) is 14.8. The van der Waals surface area contributed by atoms with Crippen molar-refractivity contribution >= 4 is 5.78 Å². The Hall–Kier alpha value is -4.77. The highest BCUT2D eigenvalue weighted by Gasteiger charge is 2.49. The van der Waals surface area contributed by atoms with Crippen molar-refractivity contribution in [3.05, 3.63) is 192 Å². The number of ether oxygens (including phenoxy) is 7. The van der Waals surface area contributed by atoms with Gasteiger partial charge < -0.3 is 33.2 Å². The third-order valence-electron chi connectivity index (χ3n) is 10.0. The van der Waals surface area contributed by atoms with Crippen LogP contribution in [0.5, 0.6) is 0 Å². The van der Waals surface area contributed by atoms with Crippen LogP contribution in [0.25, 0.3) is 0 Å². The summed E-state index contributed by atoms with van der Waals surface area (Å²) in [6, 6.07) is 50.1. The minimum atomic E-state index is -0.952. The van der Waals surface area contributed by atoms with Crippen molar-refractivity contribution in [2.75, 3.05) is 13.2 Å². The topological polar surface area (TPSA) is 81.7 Å². The molecule has 5 aromatic rings. The van der Waals surface area contributed by atoms with E-state index in [-0.39, 0.29) is 25.6 Å². The molecule has 0 amide bonds. The molecule has 310 valence electrons. The van der Waals surface area contributed by atoms with Crippen LogP contribution in [0, 0.1) is 0 Å². The lowest BCUT2D eigenvalue weighted by molar-refractivity contribution is -0.328. The zero-order valence-electron chi connectivity index (χ0n) is 34.1. The van der Waals surface area contributed by atoms with Crippen LogP contribution in [0.15, 0.2) is 164 Å². The number of benzene rings is 5. The molecule has 8 heteroatoms. The molecule has 0 aliphatic carbocycles. The molecule has 0 spiro atoms. The smallest absolute Gasteiger partial charge is 0.187 e. The lowest BCUT2D eigenvalue weighted by Crippen LogP contribution is -2.61. The Kier molecular flexibility index (Phi) is 18.6. The van der Waals surface area contributed by atoms with Crippen molar-refractivity contribution in [3.8, 4) is 0 Å². The minimum absolute atomic E-state index is 0.0343. The lowest BCUT2D eigenvalue weighted by Gasteiger charge is -2.46. The first-order valence-electron chi connectivity index (χ1n) is 20.9. The SMILES string of the molecule is CCCCCC(=O)/C=C\[C@H]1O[C@@H](OC(COCc2ccccc2)COCc2ccccc2)[C@H](OCc2ccccc2)[C@@H](OCc2ccccc2)[C@H]1OCc1ccccc1. The van der Waals surface area contributed by atoms with Crippen LogP contribution in [0.2, 0.25) is 0 Å². The molecule has 0 bridgehead atoms. The number of hydrogen-bond acceptors (Lipinski definition) is 8. The van der Waals surface area contributed by atoms with Gasteiger partial charge in [-0.1, -0.05) is 171 Å². The standard InChI is InChI=1S/C51H58O8/c1-2-3-9-30-45(52)31-32-47-48(55-35-42-24-14-6-15-25-42)49(56-36-43-26-16-7-17-27-43)50(57-37-44-28-18-8-19-29-44)51(59-47)58-46(38-53-33-40-20-10-4-11-21-40)39-54-34-41-22-12-5-13-23-41/h4-8,10-29,31-32,46-51H,2-3,9,30,33-39H2,1H3/b32-31-/t47-,48+,49+,50-,51-/m1/s1. The average molecular weight is 799 g/mol. The Balaban J connectivity index is 1.32. The average Bonchev–Trinajstić information content (AvgIpc) is 3.28. The van der Waals surface area contributed by atoms with Gasteiger partial charge in [0.25, 0.3) is 0 Å². The highest BCUT2D eigenvalue weighted by molar-refractivity contribution is 5.89. The van der Waals surface area contributed by atoms with Gasteiger partial charge in [0.2, 0.25) is 0 Å². The summed E-state index contributed by atoms with van der Waals surface area (Å²) in [5, 5.41) is 0. The maximum Gasteiger partial charge on any atom is 0.187 e. The lowest BCUT2D eigenvalue weighted by atomic mass is 9.96. The Morgan fingerprint density at radius 1 is 0.542 bits per heavy atom. The van der Waals surface area contributed by atoms with E-state index >= 15 is 0 Å². The van der Waals surface area contributed by atoms with E-state index in [1.807, 2.05) is 152 Å². The van der Waals surface area contributed by atoms with E-state index < -0.39 is 36.8 Å². The molecule has 0 unspecified atom stereocenters. The summed E-state index contributed by atoms with van der Waals surface area (Å²) in [6.45, 7) is 4.28. The summed E-state index contributed by atoms with van der Waals surface area (Å²) in [5.41, 5.74) is 5.09. The summed E-state index contributed by atoms with van der Waals surface area (Å²) in [7, 11) is 0. The molecule has 1 aliphatic rings. The monoisotopic (exact) mass is 798 g/mol. The van der Waals surface area contributed by atoms with Gasteiger partial charge in [-0.05, 0) is 46.4 Å². The van der Waals surface area contributed by atoms with Gasteiger partial charge in [0.05, 0.1) is 46.2 Å². The predicted octanol–water partition coefficient (Wildman–Crippen LogP) is 9.99. The largest absolute Gasteiger partial charge is 0.374 e. The number of hydrogen-bond donors (Lipinski definition) is 0. The third-order valence-corrected chi connectivity index (χ3v) is 10.0. The number of carbonyl (C=O) groups excluding carboxylic acids is 1. The fourth-order valence-electron chi connectivity index (χ4n) is 6.87. The van der Waals surface area contributed by atoms with Gasteiger partial charge in [-0.2, -0.15) is 0 Å². The molecule has 0 aromatic heterocycles. The zero-order valence-corrected chi connectivity index (χ0v) is 34.1. The van der Waals surface area contributed by atoms with Crippen LogP contribution in [0.4, 0.5) is 0 Å². The van der Waals surface area contributed by atoms with Gasteiger partial charge in [0, 0.05) is 6.42 Å². The Morgan fingerprint density at radius 3 is 1.39 bits per heavy atom. The van der Waals surface area contributed by atoms with Gasteiger partial charge in [-0.25, -0.2) is 0 Å². The normalized spacial score (nSPS) is 19.3. The summed E-state index contributed by atoms with van der Waals surface area (Å²) in [4.78, 5) is 13.2. The number of carbonyl (C=O) groups is 1. The van der Waals surface area contributed by atoms with Crippen LogP contribution >= 0.6 is 0 Å².